The molecule has 0 atom stereocenters. The van der Waals surface area contributed by atoms with Crippen LogP contribution in [0, 0.1) is 5.82 Å². The molecule has 1 aliphatic rings. The van der Waals surface area contributed by atoms with E-state index in [0.717, 1.165) is 29.3 Å². The van der Waals surface area contributed by atoms with Gasteiger partial charge >= 0.3 is 0 Å². The summed E-state index contributed by atoms with van der Waals surface area (Å²) in [7, 11) is 0. The highest BCUT2D eigenvalue weighted by molar-refractivity contribution is 7.09. The van der Waals surface area contributed by atoms with Crippen LogP contribution in [-0.2, 0) is 17.8 Å². The molecule has 2 heterocycles. The summed E-state index contributed by atoms with van der Waals surface area (Å²) in [6.45, 7) is 1.05. The fraction of sp³-hybridized carbons (Fsp3) is 0.350. The standard InChI is InChI=1S/C20H21FN4O2S/c21-15-5-3-14(4-6-15)12-18-23-20(28-24-18)25(13-17-2-1-11-27-17)10-9-19(26)22-16-7-8-16/h1-6,11,16H,7-10,12-13H2,(H,22,26). The second-order valence-corrected chi connectivity index (χ2v) is 7.62. The van der Waals surface area contributed by atoms with Crippen molar-refractivity contribution in [1.82, 2.24) is 14.7 Å². The molecule has 0 unspecified atom stereocenters. The van der Waals surface area contributed by atoms with E-state index < -0.39 is 0 Å². The van der Waals surface area contributed by atoms with Crippen molar-refractivity contribution in [3.63, 3.8) is 0 Å². The van der Waals surface area contributed by atoms with Crippen molar-refractivity contribution in [1.29, 1.82) is 0 Å². The van der Waals surface area contributed by atoms with Crippen molar-refractivity contribution in [3.05, 3.63) is 65.6 Å². The van der Waals surface area contributed by atoms with E-state index >= 15 is 0 Å². The van der Waals surface area contributed by atoms with Crippen LogP contribution in [0.25, 0.3) is 0 Å². The Morgan fingerprint density at radius 1 is 1.29 bits per heavy atom. The van der Waals surface area contributed by atoms with E-state index in [9.17, 15) is 9.18 Å². The van der Waals surface area contributed by atoms with Gasteiger partial charge in [0, 0.05) is 37.0 Å². The lowest BCUT2D eigenvalue weighted by molar-refractivity contribution is -0.121. The molecule has 0 aliphatic heterocycles. The maximum Gasteiger partial charge on any atom is 0.221 e. The number of halogens is 1. The number of nitrogens with one attached hydrogen (secondary N) is 1. The second kappa shape index (κ2) is 8.52. The monoisotopic (exact) mass is 400 g/mol. The molecule has 2 aromatic heterocycles. The van der Waals surface area contributed by atoms with Gasteiger partial charge in [0.1, 0.15) is 17.4 Å². The van der Waals surface area contributed by atoms with Crippen LogP contribution in [0.4, 0.5) is 9.52 Å². The minimum absolute atomic E-state index is 0.0583. The molecule has 1 aromatic carbocycles. The van der Waals surface area contributed by atoms with Crippen molar-refractivity contribution in [2.24, 2.45) is 0 Å². The molecule has 1 saturated carbocycles. The first-order valence-electron chi connectivity index (χ1n) is 9.29. The summed E-state index contributed by atoms with van der Waals surface area (Å²) in [5.74, 6) is 1.28. The molecule has 0 radical (unpaired) electrons. The summed E-state index contributed by atoms with van der Waals surface area (Å²) in [5.41, 5.74) is 0.951. The Kier molecular flexibility index (Phi) is 5.66. The summed E-state index contributed by atoms with van der Waals surface area (Å²) in [6.07, 6.45) is 4.71. The number of benzene rings is 1. The number of hydrogen-bond acceptors (Lipinski definition) is 6. The summed E-state index contributed by atoms with van der Waals surface area (Å²) < 4.78 is 23.0. The third-order valence-electron chi connectivity index (χ3n) is 4.48. The van der Waals surface area contributed by atoms with Gasteiger partial charge in [-0.15, -0.1) is 0 Å². The molecule has 0 bridgehead atoms. The zero-order valence-electron chi connectivity index (χ0n) is 15.3. The van der Waals surface area contributed by atoms with E-state index in [1.807, 2.05) is 17.0 Å². The maximum atomic E-state index is 13.1. The van der Waals surface area contributed by atoms with Gasteiger partial charge in [-0.1, -0.05) is 12.1 Å². The van der Waals surface area contributed by atoms with Gasteiger partial charge < -0.3 is 14.6 Å². The predicted octanol–water partition coefficient (Wildman–Crippen LogP) is 3.54. The van der Waals surface area contributed by atoms with Crippen molar-refractivity contribution in [3.8, 4) is 0 Å². The molecule has 4 rings (SSSR count). The summed E-state index contributed by atoms with van der Waals surface area (Å²) in [6, 6.07) is 10.4. The number of carbonyl (C=O) groups excluding carboxylic acids is 1. The second-order valence-electron chi connectivity index (χ2n) is 6.89. The highest BCUT2D eigenvalue weighted by atomic mass is 32.1. The largest absolute Gasteiger partial charge is 0.467 e. The van der Waals surface area contributed by atoms with Crippen LogP contribution in [-0.4, -0.2) is 27.9 Å². The molecule has 28 heavy (non-hydrogen) atoms. The first-order valence-corrected chi connectivity index (χ1v) is 10.1. The minimum Gasteiger partial charge on any atom is -0.467 e. The molecule has 0 spiro atoms. The molecular weight excluding hydrogens is 379 g/mol. The Balaban J connectivity index is 1.43. The number of aromatic nitrogens is 2. The van der Waals surface area contributed by atoms with Gasteiger partial charge in [-0.05, 0) is 42.7 Å². The number of carbonyl (C=O) groups is 1. The summed E-state index contributed by atoms with van der Waals surface area (Å²) in [4.78, 5) is 18.7. The van der Waals surface area contributed by atoms with Crippen LogP contribution in [0.5, 0.6) is 0 Å². The first-order chi connectivity index (χ1) is 13.7. The van der Waals surface area contributed by atoms with Crippen molar-refractivity contribution in [2.75, 3.05) is 11.4 Å². The highest BCUT2D eigenvalue weighted by Gasteiger charge is 2.24. The average Bonchev–Trinajstić information content (AvgIpc) is 3.16. The van der Waals surface area contributed by atoms with Gasteiger partial charge in [-0.25, -0.2) is 9.37 Å². The SMILES string of the molecule is O=C(CCN(Cc1ccco1)c1nc(Cc2ccc(F)cc2)ns1)NC1CC1. The lowest BCUT2D eigenvalue weighted by Crippen LogP contribution is -2.31. The Labute approximate surface area is 166 Å². The minimum atomic E-state index is -0.259. The van der Waals surface area contributed by atoms with E-state index in [2.05, 4.69) is 14.7 Å². The molecule has 1 N–H and O–H groups in total. The molecule has 3 aromatic rings. The van der Waals surface area contributed by atoms with Crippen LogP contribution in [0.3, 0.4) is 0 Å². The first kappa shape index (κ1) is 18.6. The number of anilines is 1. The molecule has 1 fully saturated rings. The van der Waals surface area contributed by atoms with Crippen molar-refractivity contribution < 1.29 is 13.6 Å². The summed E-state index contributed by atoms with van der Waals surface area (Å²) in [5, 5.41) is 3.75. The number of amides is 1. The third kappa shape index (κ3) is 5.16. The molecule has 8 heteroatoms. The Morgan fingerprint density at radius 3 is 2.82 bits per heavy atom. The van der Waals surface area contributed by atoms with Gasteiger partial charge in [0.25, 0.3) is 0 Å². The Hall–Kier alpha value is -2.74. The zero-order chi connectivity index (χ0) is 19.3. The van der Waals surface area contributed by atoms with E-state index in [4.69, 9.17) is 4.42 Å². The number of rotatable bonds is 9. The van der Waals surface area contributed by atoms with Crippen LogP contribution in [0.15, 0.2) is 47.1 Å². The van der Waals surface area contributed by atoms with E-state index in [1.54, 1.807) is 18.4 Å². The Morgan fingerprint density at radius 2 is 2.11 bits per heavy atom. The molecule has 0 saturated heterocycles. The van der Waals surface area contributed by atoms with Crippen LogP contribution < -0.4 is 10.2 Å². The number of nitrogens with zero attached hydrogens (tertiary/aromatic N) is 3. The summed E-state index contributed by atoms with van der Waals surface area (Å²) >= 11 is 1.30. The van der Waals surface area contributed by atoms with Crippen LogP contribution in [0.2, 0.25) is 0 Å². The number of furan rings is 1. The Bertz CT molecular complexity index is 907. The van der Waals surface area contributed by atoms with Crippen LogP contribution >= 0.6 is 11.5 Å². The fourth-order valence-corrected chi connectivity index (χ4v) is 3.54. The molecule has 1 amide bonds. The van der Waals surface area contributed by atoms with Gasteiger partial charge in [-0.2, -0.15) is 4.37 Å². The van der Waals surface area contributed by atoms with E-state index in [-0.39, 0.29) is 11.7 Å². The van der Waals surface area contributed by atoms with Crippen LogP contribution in [0.1, 0.15) is 36.4 Å². The van der Waals surface area contributed by atoms with Crippen molar-refractivity contribution >= 4 is 22.6 Å². The average molecular weight is 400 g/mol. The smallest absolute Gasteiger partial charge is 0.221 e. The highest BCUT2D eigenvalue weighted by Crippen LogP contribution is 2.22. The quantitative estimate of drug-likeness (QED) is 0.595. The van der Waals surface area contributed by atoms with Gasteiger partial charge in [0.05, 0.1) is 12.8 Å². The number of hydrogen-bond donors (Lipinski definition) is 1. The van der Waals surface area contributed by atoms with Crippen molar-refractivity contribution in [2.45, 2.75) is 38.3 Å². The van der Waals surface area contributed by atoms with E-state index in [1.165, 1.54) is 23.7 Å². The predicted molar refractivity (Wildman–Crippen MR) is 105 cm³/mol. The van der Waals surface area contributed by atoms with Gasteiger partial charge in [0.15, 0.2) is 0 Å². The lowest BCUT2D eigenvalue weighted by atomic mass is 10.1. The molecular formula is C20H21FN4O2S. The maximum absolute atomic E-state index is 13.1. The lowest BCUT2D eigenvalue weighted by Gasteiger charge is -2.19. The van der Waals surface area contributed by atoms with E-state index in [0.29, 0.717) is 37.8 Å². The molecule has 146 valence electrons. The van der Waals surface area contributed by atoms with Gasteiger partial charge in [-0.3, -0.25) is 4.79 Å². The zero-order valence-corrected chi connectivity index (χ0v) is 16.1. The van der Waals surface area contributed by atoms with Gasteiger partial charge in [0.2, 0.25) is 11.0 Å². The molecule has 6 nitrogen and oxygen atoms in total. The fourth-order valence-electron chi connectivity index (χ4n) is 2.83. The molecule has 1 aliphatic carbocycles. The topological polar surface area (TPSA) is 71.3 Å². The normalized spacial score (nSPS) is 13.5. The third-order valence-corrected chi connectivity index (χ3v) is 5.30.